The highest BCUT2D eigenvalue weighted by molar-refractivity contribution is 5.95. The zero-order chi connectivity index (χ0) is 15.5. The Morgan fingerprint density at radius 3 is 2.86 bits per heavy atom. The van der Waals surface area contributed by atoms with Crippen LogP contribution >= 0.6 is 0 Å². The fraction of sp³-hybridized carbons (Fsp3) is 0.375. The Morgan fingerprint density at radius 1 is 1.48 bits per heavy atom. The number of likely N-dealkylation sites (tertiary alicyclic amines) is 1. The standard InChI is InChI=1S/C16H18N2O3/c1-16(15(17)21)7-8-18(11-16)14(20)13-6-2-4-12(10-13)5-3-9-19/h2,4,6,10,19H,7-9,11H2,1H3,(H2,17,21). The van der Waals surface area contributed by atoms with Gasteiger partial charge in [0.05, 0.1) is 5.41 Å². The second-order valence-corrected chi connectivity index (χ2v) is 5.44. The van der Waals surface area contributed by atoms with Crippen LogP contribution in [0.2, 0.25) is 0 Å². The van der Waals surface area contributed by atoms with Gasteiger partial charge in [-0.3, -0.25) is 9.59 Å². The van der Waals surface area contributed by atoms with Gasteiger partial charge in [0.25, 0.3) is 5.91 Å². The normalized spacial score (nSPS) is 20.8. The van der Waals surface area contributed by atoms with E-state index in [1.807, 2.05) is 0 Å². The van der Waals surface area contributed by atoms with E-state index in [0.717, 1.165) is 0 Å². The fourth-order valence-electron chi connectivity index (χ4n) is 2.39. The summed E-state index contributed by atoms with van der Waals surface area (Å²) in [6, 6.07) is 6.92. The summed E-state index contributed by atoms with van der Waals surface area (Å²) in [5.41, 5.74) is 5.94. The molecule has 0 aromatic heterocycles. The van der Waals surface area contributed by atoms with E-state index in [1.54, 1.807) is 36.1 Å². The first-order chi connectivity index (χ1) is 9.96. The van der Waals surface area contributed by atoms with E-state index >= 15 is 0 Å². The van der Waals surface area contributed by atoms with E-state index < -0.39 is 5.41 Å². The molecule has 0 aliphatic carbocycles. The molecule has 2 amide bonds. The van der Waals surface area contributed by atoms with Gasteiger partial charge in [-0.2, -0.15) is 0 Å². The Labute approximate surface area is 123 Å². The third kappa shape index (κ3) is 3.23. The second kappa shape index (κ2) is 5.98. The number of carbonyl (C=O) groups is 2. The summed E-state index contributed by atoms with van der Waals surface area (Å²) in [5.74, 6) is 4.81. The Balaban J connectivity index is 2.16. The van der Waals surface area contributed by atoms with Crippen LogP contribution in [0.5, 0.6) is 0 Å². The van der Waals surface area contributed by atoms with Crippen LogP contribution in [0.25, 0.3) is 0 Å². The zero-order valence-corrected chi connectivity index (χ0v) is 11.9. The monoisotopic (exact) mass is 286 g/mol. The largest absolute Gasteiger partial charge is 0.384 e. The summed E-state index contributed by atoms with van der Waals surface area (Å²) in [6.07, 6.45) is 0.581. The molecule has 2 rings (SSSR count). The average molecular weight is 286 g/mol. The highest BCUT2D eigenvalue weighted by Crippen LogP contribution is 2.30. The predicted molar refractivity (Wildman–Crippen MR) is 78.2 cm³/mol. The smallest absolute Gasteiger partial charge is 0.253 e. The summed E-state index contributed by atoms with van der Waals surface area (Å²) in [4.78, 5) is 25.5. The number of nitrogens with two attached hydrogens (primary N) is 1. The van der Waals surface area contributed by atoms with E-state index in [1.165, 1.54) is 0 Å². The lowest BCUT2D eigenvalue weighted by atomic mass is 9.89. The summed E-state index contributed by atoms with van der Waals surface area (Å²) in [5, 5.41) is 8.70. The van der Waals surface area contributed by atoms with Crippen molar-refractivity contribution in [2.24, 2.45) is 11.1 Å². The summed E-state index contributed by atoms with van der Waals surface area (Å²) in [6.45, 7) is 2.42. The van der Waals surface area contributed by atoms with Gasteiger partial charge < -0.3 is 15.7 Å². The van der Waals surface area contributed by atoms with Crippen molar-refractivity contribution in [2.45, 2.75) is 13.3 Å². The molecule has 110 valence electrons. The van der Waals surface area contributed by atoms with Crippen LogP contribution < -0.4 is 5.73 Å². The van der Waals surface area contributed by atoms with Crippen molar-refractivity contribution < 1.29 is 14.7 Å². The molecule has 1 fully saturated rings. The number of aliphatic hydroxyl groups is 1. The van der Waals surface area contributed by atoms with Gasteiger partial charge in [-0.1, -0.05) is 17.9 Å². The van der Waals surface area contributed by atoms with Gasteiger partial charge in [-0.15, -0.1) is 0 Å². The van der Waals surface area contributed by atoms with Gasteiger partial charge in [0.1, 0.15) is 6.61 Å². The highest BCUT2D eigenvalue weighted by Gasteiger charge is 2.40. The first-order valence-electron chi connectivity index (χ1n) is 6.75. The molecule has 1 aliphatic heterocycles. The van der Waals surface area contributed by atoms with Gasteiger partial charge in [-0.05, 0) is 31.5 Å². The summed E-state index contributed by atoms with van der Waals surface area (Å²) < 4.78 is 0. The number of rotatable bonds is 2. The molecular formula is C16H18N2O3. The van der Waals surface area contributed by atoms with Crippen LogP contribution in [0, 0.1) is 17.3 Å². The molecule has 5 heteroatoms. The Kier molecular flexibility index (Phi) is 4.29. The summed E-state index contributed by atoms with van der Waals surface area (Å²) in [7, 11) is 0. The number of hydrogen-bond donors (Lipinski definition) is 2. The quantitative estimate of drug-likeness (QED) is 0.770. The first-order valence-corrected chi connectivity index (χ1v) is 6.75. The molecular weight excluding hydrogens is 268 g/mol. The minimum atomic E-state index is -0.649. The van der Waals surface area contributed by atoms with Crippen LogP contribution in [0.3, 0.4) is 0 Å². The lowest BCUT2D eigenvalue weighted by Crippen LogP contribution is -2.38. The lowest BCUT2D eigenvalue weighted by Gasteiger charge is -2.21. The van der Waals surface area contributed by atoms with Crippen molar-refractivity contribution in [3.05, 3.63) is 35.4 Å². The van der Waals surface area contributed by atoms with E-state index in [0.29, 0.717) is 30.6 Å². The maximum absolute atomic E-state index is 12.5. The molecule has 0 bridgehead atoms. The molecule has 1 unspecified atom stereocenters. The van der Waals surface area contributed by atoms with Crippen molar-refractivity contribution in [3.8, 4) is 11.8 Å². The molecule has 1 aromatic rings. The van der Waals surface area contributed by atoms with Crippen LogP contribution in [-0.4, -0.2) is 41.5 Å². The molecule has 1 atom stereocenters. The summed E-state index contributed by atoms with van der Waals surface area (Å²) >= 11 is 0. The van der Waals surface area contributed by atoms with Crippen molar-refractivity contribution in [1.82, 2.24) is 4.90 Å². The molecule has 0 saturated carbocycles. The Bertz CT molecular complexity index is 630. The van der Waals surface area contributed by atoms with Crippen molar-refractivity contribution in [3.63, 3.8) is 0 Å². The minimum absolute atomic E-state index is 0.132. The molecule has 1 aromatic carbocycles. The molecule has 1 aliphatic rings. The molecule has 0 radical (unpaired) electrons. The number of aliphatic hydroxyl groups excluding tert-OH is 1. The molecule has 1 saturated heterocycles. The zero-order valence-electron chi connectivity index (χ0n) is 11.9. The van der Waals surface area contributed by atoms with Crippen LogP contribution in [0.15, 0.2) is 24.3 Å². The van der Waals surface area contributed by atoms with E-state index in [2.05, 4.69) is 11.8 Å². The van der Waals surface area contributed by atoms with E-state index in [-0.39, 0.29) is 18.4 Å². The molecule has 1 heterocycles. The Morgan fingerprint density at radius 2 is 2.24 bits per heavy atom. The number of benzene rings is 1. The third-order valence-corrected chi connectivity index (χ3v) is 3.78. The predicted octanol–water partition coefficient (Wildman–Crippen LogP) is 0.368. The number of amides is 2. The first kappa shape index (κ1) is 15.1. The fourth-order valence-corrected chi connectivity index (χ4v) is 2.39. The Hall–Kier alpha value is -2.32. The number of nitrogens with zero attached hydrogens (tertiary/aromatic N) is 1. The van der Waals surface area contributed by atoms with Crippen LogP contribution in [0.1, 0.15) is 29.3 Å². The SMILES string of the molecule is CC1(C(N)=O)CCN(C(=O)c2cccc(C#CCO)c2)C1. The van der Waals surface area contributed by atoms with E-state index in [4.69, 9.17) is 10.8 Å². The van der Waals surface area contributed by atoms with Gasteiger partial charge >= 0.3 is 0 Å². The van der Waals surface area contributed by atoms with Crippen LogP contribution in [-0.2, 0) is 4.79 Å². The number of primary amides is 1. The molecule has 3 N–H and O–H groups in total. The van der Waals surface area contributed by atoms with Crippen molar-refractivity contribution in [1.29, 1.82) is 0 Å². The van der Waals surface area contributed by atoms with Crippen molar-refractivity contribution in [2.75, 3.05) is 19.7 Å². The van der Waals surface area contributed by atoms with Gasteiger partial charge in [0.15, 0.2) is 0 Å². The van der Waals surface area contributed by atoms with Gasteiger partial charge in [0, 0.05) is 24.2 Å². The molecule has 0 spiro atoms. The second-order valence-electron chi connectivity index (χ2n) is 5.44. The third-order valence-electron chi connectivity index (χ3n) is 3.78. The van der Waals surface area contributed by atoms with Crippen LogP contribution in [0.4, 0.5) is 0 Å². The lowest BCUT2D eigenvalue weighted by molar-refractivity contribution is -0.126. The maximum atomic E-state index is 12.5. The van der Waals surface area contributed by atoms with Crippen molar-refractivity contribution >= 4 is 11.8 Å². The highest BCUT2D eigenvalue weighted by atomic mass is 16.2. The minimum Gasteiger partial charge on any atom is -0.384 e. The van der Waals surface area contributed by atoms with E-state index in [9.17, 15) is 9.59 Å². The molecule has 5 nitrogen and oxygen atoms in total. The molecule has 21 heavy (non-hydrogen) atoms. The number of hydrogen-bond acceptors (Lipinski definition) is 3. The number of carbonyl (C=O) groups excluding carboxylic acids is 2. The maximum Gasteiger partial charge on any atom is 0.253 e. The average Bonchev–Trinajstić information content (AvgIpc) is 2.88. The van der Waals surface area contributed by atoms with Gasteiger partial charge in [-0.25, -0.2) is 0 Å². The topological polar surface area (TPSA) is 83.6 Å². The van der Waals surface area contributed by atoms with Gasteiger partial charge in [0.2, 0.25) is 5.91 Å².